The summed E-state index contributed by atoms with van der Waals surface area (Å²) >= 11 is 0. The lowest BCUT2D eigenvalue weighted by molar-refractivity contribution is -0.150. The summed E-state index contributed by atoms with van der Waals surface area (Å²) in [5.41, 5.74) is 0.478. The van der Waals surface area contributed by atoms with Crippen LogP contribution in [0.2, 0.25) is 0 Å². The average Bonchev–Trinajstić information content (AvgIpc) is 2.65. The second-order valence-electron chi connectivity index (χ2n) is 6.61. The van der Waals surface area contributed by atoms with E-state index >= 15 is 0 Å². The molecule has 1 aliphatic heterocycles. The molecule has 8 heteroatoms. The minimum Gasteiger partial charge on any atom is -0.461 e. The fourth-order valence-corrected chi connectivity index (χ4v) is 3.32. The first-order valence-corrected chi connectivity index (χ1v) is 8.79. The van der Waals surface area contributed by atoms with Gasteiger partial charge in [-0.3, -0.25) is 19.0 Å². The molecule has 1 aromatic carbocycles. The van der Waals surface area contributed by atoms with E-state index in [4.69, 9.17) is 10.00 Å². The standard InChI is InChI=1S/C19H20N4O4/c1-12(24)27-18-3-2-6-21-17(18)8-14(25)10-23-11-22-16-5-4-13(9-20)7-15(16)19(23)26/h4-5,7,11,17-18,21H,2-3,6,8,10H2,1H3. The van der Waals surface area contributed by atoms with Crippen molar-refractivity contribution in [3.05, 3.63) is 40.4 Å². The van der Waals surface area contributed by atoms with Gasteiger partial charge in [-0.05, 0) is 37.6 Å². The summed E-state index contributed by atoms with van der Waals surface area (Å²) in [5, 5.41) is 12.5. The highest BCUT2D eigenvalue weighted by Gasteiger charge is 2.29. The summed E-state index contributed by atoms with van der Waals surface area (Å²) in [6.45, 7) is 1.98. The summed E-state index contributed by atoms with van der Waals surface area (Å²) in [6, 6.07) is 6.41. The van der Waals surface area contributed by atoms with Crippen LogP contribution in [-0.2, 0) is 20.9 Å². The fourth-order valence-electron chi connectivity index (χ4n) is 3.32. The second-order valence-corrected chi connectivity index (χ2v) is 6.61. The molecule has 0 saturated carbocycles. The summed E-state index contributed by atoms with van der Waals surface area (Å²) in [7, 11) is 0. The van der Waals surface area contributed by atoms with Gasteiger partial charge in [-0.2, -0.15) is 5.26 Å². The molecule has 2 unspecified atom stereocenters. The normalized spacial score (nSPS) is 19.4. The van der Waals surface area contributed by atoms with Crippen LogP contribution in [-0.4, -0.2) is 40.0 Å². The Bertz CT molecular complexity index is 976. The highest BCUT2D eigenvalue weighted by molar-refractivity contribution is 5.81. The SMILES string of the molecule is CC(=O)OC1CCCNC1CC(=O)Cn1cnc2ccc(C#N)cc2c1=O. The molecule has 1 fully saturated rings. The first-order chi connectivity index (χ1) is 13.0. The van der Waals surface area contributed by atoms with Gasteiger partial charge in [-0.15, -0.1) is 0 Å². The lowest BCUT2D eigenvalue weighted by Gasteiger charge is -2.31. The molecule has 2 aromatic rings. The molecule has 1 saturated heterocycles. The van der Waals surface area contributed by atoms with Crippen LogP contribution in [0, 0.1) is 11.3 Å². The number of nitriles is 1. The van der Waals surface area contributed by atoms with Crippen molar-refractivity contribution in [1.82, 2.24) is 14.9 Å². The topological polar surface area (TPSA) is 114 Å². The van der Waals surface area contributed by atoms with E-state index in [1.807, 2.05) is 6.07 Å². The van der Waals surface area contributed by atoms with Gasteiger partial charge in [0.2, 0.25) is 0 Å². The van der Waals surface area contributed by atoms with Crippen molar-refractivity contribution in [3.63, 3.8) is 0 Å². The van der Waals surface area contributed by atoms with Crippen molar-refractivity contribution < 1.29 is 14.3 Å². The molecule has 8 nitrogen and oxygen atoms in total. The highest BCUT2D eigenvalue weighted by Crippen LogP contribution is 2.16. The third-order valence-corrected chi connectivity index (χ3v) is 4.59. The van der Waals surface area contributed by atoms with Crippen LogP contribution in [0.5, 0.6) is 0 Å². The molecule has 2 atom stereocenters. The molecule has 27 heavy (non-hydrogen) atoms. The Morgan fingerprint density at radius 1 is 1.44 bits per heavy atom. The van der Waals surface area contributed by atoms with E-state index in [2.05, 4.69) is 10.3 Å². The van der Waals surface area contributed by atoms with Gasteiger partial charge in [0, 0.05) is 13.3 Å². The minimum atomic E-state index is -0.371. The van der Waals surface area contributed by atoms with E-state index in [0.717, 1.165) is 13.0 Å². The van der Waals surface area contributed by atoms with Gasteiger partial charge in [0.1, 0.15) is 6.10 Å². The lowest BCUT2D eigenvalue weighted by atomic mass is 9.96. The van der Waals surface area contributed by atoms with Crippen molar-refractivity contribution in [3.8, 4) is 6.07 Å². The Morgan fingerprint density at radius 2 is 2.26 bits per heavy atom. The number of nitrogens with one attached hydrogen (secondary N) is 1. The Morgan fingerprint density at radius 3 is 3.00 bits per heavy atom. The molecule has 1 aliphatic rings. The van der Waals surface area contributed by atoms with Gasteiger partial charge in [-0.1, -0.05) is 0 Å². The van der Waals surface area contributed by atoms with E-state index in [1.54, 1.807) is 12.1 Å². The number of benzene rings is 1. The third-order valence-electron chi connectivity index (χ3n) is 4.59. The maximum absolute atomic E-state index is 12.6. The van der Waals surface area contributed by atoms with Gasteiger partial charge in [-0.25, -0.2) is 4.98 Å². The van der Waals surface area contributed by atoms with Gasteiger partial charge < -0.3 is 10.1 Å². The van der Waals surface area contributed by atoms with Gasteiger partial charge >= 0.3 is 5.97 Å². The predicted molar refractivity (Wildman–Crippen MR) is 96.9 cm³/mol. The molecule has 1 aromatic heterocycles. The van der Waals surface area contributed by atoms with Crippen LogP contribution in [0.4, 0.5) is 0 Å². The van der Waals surface area contributed by atoms with Gasteiger partial charge in [0.25, 0.3) is 5.56 Å². The maximum atomic E-state index is 12.6. The molecule has 0 aliphatic carbocycles. The smallest absolute Gasteiger partial charge is 0.302 e. The number of piperidine rings is 1. The summed E-state index contributed by atoms with van der Waals surface area (Å²) < 4.78 is 6.54. The van der Waals surface area contributed by atoms with Crippen LogP contribution < -0.4 is 10.9 Å². The van der Waals surface area contributed by atoms with E-state index < -0.39 is 0 Å². The van der Waals surface area contributed by atoms with E-state index in [-0.39, 0.29) is 42.4 Å². The number of carbonyl (C=O) groups is 2. The zero-order valence-corrected chi connectivity index (χ0v) is 15.0. The third kappa shape index (κ3) is 4.38. The average molecular weight is 368 g/mol. The van der Waals surface area contributed by atoms with Gasteiger partial charge in [0.05, 0.1) is 41.4 Å². The number of Topliss-reactive ketones (excluding diaryl/α,β-unsaturated/α-hetero) is 1. The molecule has 1 N–H and O–H groups in total. The number of nitrogens with zero attached hydrogens (tertiary/aromatic N) is 3. The molecule has 2 heterocycles. The number of ketones is 1. The zero-order chi connectivity index (χ0) is 19.4. The number of hydrogen-bond acceptors (Lipinski definition) is 7. The number of carbonyl (C=O) groups excluding carboxylic acids is 2. The first kappa shape index (κ1) is 18.7. The van der Waals surface area contributed by atoms with Crippen molar-refractivity contribution in [2.24, 2.45) is 0 Å². The van der Waals surface area contributed by atoms with Gasteiger partial charge in [0.15, 0.2) is 5.78 Å². The minimum absolute atomic E-state index is 0.122. The Balaban J connectivity index is 1.75. The van der Waals surface area contributed by atoms with Crippen LogP contribution >= 0.6 is 0 Å². The number of esters is 1. The second kappa shape index (κ2) is 8.10. The van der Waals surface area contributed by atoms with Crippen LogP contribution in [0.15, 0.2) is 29.3 Å². The van der Waals surface area contributed by atoms with Crippen molar-refractivity contribution in [1.29, 1.82) is 5.26 Å². The molecule has 0 amide bonds. The molecular weight excluding hydrogens is 348 g/mol. The zero-order valence-electron chi connectivity index (χ0n) is 15.0. The molecule has 0 radical (unpaired) electrons. The molecule has 0 bridgehead atoms. The van der Waals surface area contributed by atoms with E-state index in [9.17, 15) is 14.4 Å². The van der Waals surface area contributed by atoms with Crippen LogP contribution in [0.1, 0.15) is 31.7 Å². The Kier molecular flexibility index (Phi) is 5.62. The maximum Gasteiger partial charge on any atom is 0.302 e. The van der Waals surface area contributed by atoms with Crippen LogP contribution in [0.3, 0.4) is 0 Å². The Labute approximate surface area is 155 Å². The molecule has 140 valence electrons. The highest BCUT2D eigenvalue weighted by atomic mass is 16.5. The number of hydrogen-bond donors (Lipinski definition) is 1. The Hall–Kier alpha value is -3.05. The van der Waals surface area contributed by atoms with Crippen molar-refractivity contribution in [2.75, 3.05) is 6.54 Å². The number of aromatic nitrogens is 2. The molecular formula is C19H20N4O4. The monoisotopic (exact) mass is 368 g/mol. The summed E-state index contributed by atoms with van der Waals surface area (Å²) in [4.78, 5) is 40.5. The fraction of sp³-hybridized carbons (Fsp3) is 0.421. The quantitative estimate of drug-likeness (QED) is 0.780. The van der Waals surface area contributed by atoms with E-state index in [1.165, 1.54) is 23.9 Å². The van der Waals surface area contributed by atoms with Crippen molar-refractivity contribution in [2.45, 2.75) is 44.9 Å². The van der Waals surface area contributed by atoms with Crippen LogP contribution in [0.25, 0.3) is 10.9 Å². The first-order valence-electron chi connectivity index (χ1n) is 8.79. The van der Waals surface area contributed by atoms with E-state index in [0.29, 0.717) is 22.9 Å². The number of rotatable bonds is 5. The predicted octanol–water partition coefficient (Wildman–Crippen LogP) is 0.911. The summed E-state index contributed by atoms with van der Waals surface area (Å²) in [5.74, 6) is -0.532. The molecule has 0 spiro atoms. The number of ether oxygens (including phenoxy) is 1. The van der Waals surface area contributed by atoms with Crippen molar-refractivity contribution >= 4 is 22.7 Å². The summed E-state index contributed by atoms with van der Waals surface area (Å²) in [6.07, 6.45) is 2.73. The largest absolute Gasteiger partial charge is 0.461 e. The number of fused-ring (bicyclic) bond motifs is 1. The molecule has 3 rings (SSSR count). The lowest BCUT2D eigenvalue weighted by Crippen LogP contribution is -2.48.